The van der Waals surface area contributed by atoms with Gasteiger partial charge >= 0.3 is 6.18 Å². The number of rotatable bonds is 5. The maximum absolute atomic E-state index is 11.9. The minimum atomic E-state index is -4.29. The Labute approximate surface area is 105 Å². The van der Waals surface area contributed by atoms with Crippen molar-refractivity contribution in [3.63, 3.8) is 0 Å². The first-order valence-corrected chi connectivity index (χ1v) is 7.71. The molecule has 0 spiro atoms. The van der Waals surface area contributed by atoms with Gasteiger partial charge in [-0.3, -0.25) is 0 Å². The Hall–Kier alpha value is -0.340. The van der Waals surface area contributed by atoms with E-state index in [0.717, 1.165) is 25.8 Å². The van der Waals surface area contributed by atoms with Gasteiger partial charge in [0.1, 0.15) is 0 Å². The molecule has 0 saturated carbocycles. The molecule has 1 aliphatic heterocycles. The Morgan fingerprint density at radius 1 is 1.28 bits per heavy atom. The first-order valence-electron chi connectivity index (χ1n) is 6.06. The van der Waals surface area contributed by atoms with E-state index in [1.54, 1.807) is 0 Å². The van der Waals surface area contributed by atoms with E-state index in [4.69, 9.17) is 0 Å². The molecular weight excluding hydrogens is 269 g/mol. The fourth-order valence-corrected chi connectivity index (χ4v) is 3.25. The molecule has 108 valence electrons. The zero-order valence-electron chi connectivity index (χ0n) is 10.1. The second kappa shape index (κ2) is 6.72. The van der Waals surface area contributed by atoms with Gasteiger partial charge in [-0.05, 0) is 25.8 Å². The molecule has 1 atom stereocenters. The average Bonchev–Trinajstić information content (AvgIpc) is 2.43. The number of nitrogens with one attached hydrogen (secondary N) is 2. The van der Waals surface area contributed by atoms with Crippen molar-refractivity contribution in [2.45, 2.75) is 44.3 Å². The lowest BCUT2D eigenvalue weighted by Crippen LogP contribution is -2.41. The molecule has 8 heteroatoms. The zero-order chi connectivity index (χ0) is 13.6. The van der Waals surface area contributed by atoms with Gasteiger partial charge in [-0.15, -0.1) is 0 Å². The lowest BCUT2D eigenvalue weighted by Gasteiger charge is -2.16. The smallest absolute Gasteiger partial charge is 0.315 e. The summed E-state index contributed by atoms with van der Waals surface area (Å²) in [5, 5.41) is 3.09. The van der Waals surface area contributed by atoms with Crippen LogP contribution < -0.4 is 10.0 Å². The van der Waals surface area contributed by atoms with Crippen LogP contribution in [-0.2, 0) is 10.0 Å². The highest BCUT2D eigenvalue weighted by molar-refractivity contribution is 7.89. The molecule has 1 fully saturated rings. The molecule has 4 nitrogen and oxygen atoms in total. The number of hydrogen-bond acceptors (Lipinski definition) is 3. The molecule has 1 aliphatic rings. The van der Waals surface area contributed by atoms with E-state index >= 15 is 0 Å². The summed E-state index contributed by atoms with van der Waals surface area (Å²) in [6.45, 7) is 1.39. The normalized spacial score (nSPS) is 22.7. The zero-order valence-corrected chi connectivity index (χ0v) is 10.9. The standard InChI is InChI=1S/C10H19F3N2O2S/c11-10(12,13)5-3-7-18(16,17)15-9-4-1-2-6-14-8-9/h9,14-15H,1-8H2. The minimum absolute atomic E-state index is 0.205. The summed E-state index contributed by atoms with van der Waals surface area (Å²) in [6, 6.07) is -0.205. The first-order chi connectivity index (χ1) is 8.29. The van der Waals surface area contributed by atoms with Crippen molar-refractivity contribution in [1.29, 1.82) is 0 Å². The Bertz CT molecular complexity index is 336. The molecule has 0 bridgehead atoms. The second-order valence-electron chi connectivity index (χ2n) is 4.55. The van der Waals surface area contributed by atoms with E-state index in [-0.39, 0.29) is 12.5 Å². The Balaban J connectivity index is 2.34. The van der Waals surface area contributed by atoms with Gasteiger partial charge in [-0.1, -0.05) is 6.42 Å². The predicted molar refractivity (Wildman–Crippen MR) is 62.7 cm³/mol. The number of sulfonamides is 1. The van der Waals surface area contributed by atoms with Crippen LogP contribution in [0.1, 0.15) is 32.1 Å². The molecule has 1 heterocycles. The SMILES string of the molecule is O=S(=O)(CCCC(F)(F)F)NC1CCCCNC1. The minimum Gasteiger partial charge on any atom is -0.315 e. The summed E-state index contributed by atoms with van der Waals surface area (Å²) >= 11 is 0. The van der Waals surface area contributed by atoms with Crippen LogP contribution >= 0.6 is 0 Å². The van der Waals surface area contributed by atoms with Crippen LogP contribution in [0.3, 0.4) is 0 Å². The van der Waals surface area contributed by atoms with Crippen LogP contribution in [0, 0.1) is 0 Å². The van der Waals surface area contributed by atoms with Crippen LogP contribution in [0.4, 0.5) is 13.2 Å². The highest BCUT2D eigenvalue weighted by atomic mass is 32.2. The predicted octanol–water partition coefficient (Wildman–Crippen LogP) is 1.39. The molecule has 0 radical (unpaired) electrons. The van der Waals surface area contributed by atoms with Gasteiger partial charge in [-0.25, -0.2) is 13.1 Å². The van der Waals surface area contributed by atoms with Crippen molar-refractivity contribution < 1.29 is 21.6 Å². The number of halogens is 3. The molecule has 1 rings (SSSR count). The summed E-state index contributed by atoms with van der Waals surface area (Å²) in [6.07, 6.45) is -3.10. The molecule has 0 amide bonds. The monoisotopic (exact) mass is 288 g/mol. The van der Waals surface area contributed by atoms with E-state index in [0.29, 0.717) is 6.54 Å². The molecule has 0 aromatic rings. The molecule has 1 unspecified atom stereocenters. The van der Waals surface area contributed by atoms with Crippen LogP contribution in [-0.4, -0.2) is 39.5 Å². The van der Waals surface area contributed by atoms with Gasteiger partial charge in [-0.2, -0.15) is 13.2 Å². The summed E-state index contributed by atoms with van der Waals surface area (Å²) in [4.78, 5) is 0. The number of hydrogen-bond donors (Lipinski definition) is 2. The van der Waals surface area contributed by atoms with Crippen LogP contribution in [0.2, 0.25) is 0 Å². The van der Waals surface area contributed by atoms with Crippen LogP contribution in [0.25, 0.3) is 0 Å². The largest absolute Gasteiger partial charge is 0.389 e. The van der Waals surface area contributed by atoms with E-state index in [1.807, 2.05) is 0 Å². The summed E-state index contributed by atoms with van der Waals surface area (Å²) in [5.41, 5.74) is 0. The third-order valence-corrected chi connectivity index (χ3v) is 4.29. The molecular formula is C10H19F3N2O2S. The number of alkyl halides is 3. The van der Waals surface area contributed by atoms with E-state index in [1.165, 1.54) is 0 Å². The third kappa shape index (κ3) is 7.17. The fraction of sp³-hybridized carbons (Fsp3) is 1.00. The van der Waals surface area contributed by atoms with Gasteiger partial charge in [0.25, 0.3) is 0 Å². The molecule has 18 heavy (non-hydrogen) atoms. The highest BCUT2D eigenvalue weighted by Crippen LogP contribution is 2.21. The van der Waals surface area contributed by atoms with Crippen molar-refractivity contribution in [3.05, 3.63) is 0 Å². The second-order valence-corrected chi connectivity index (χ2v) is 6.43. The van der Waals surface area contributed by atoms with Gasteiger partial charge in [0.15, 0.2) is 0 Å². The van der Waals surface area contributed by atoms with Gasteiger partial charge in [0.05, 0.1) is 5.75 Å². The molecule has 0 aliphatic carbocycles. The van der Waals surface area contributed by atoms with Crippen LogP contribution in [0.5, 0.6) is 0 Å². The maximum Gasteiger partial charge on any atom is 0.389 e. The lowest BCUT2D eigenvalue weighted by atomic mass is 10.2. The quantitative estimate of drug-likeness (QED) is 0.804. The van der Waals surface area contributed by atoms with Gasteiger partial charge in [0.2, 0.25) is 10.0 Å². The van der Waals surface area contributed by atoms with Crippen LogP contribution in [0.15, 0.2) is 0 Å². The van der Waals surface area contributed by atoms with Gasteiger partial charge in [0, 0.05) is 19.0 Å². The van der Waals surface area contributed by atoms with E-state index in [9.17, 15) is 21.6 Å². The topological polar surface area (TPSA) is 58.2 Å². The third-order valence-electron chi connectivity index (χ3n) is 2.77. The highest BCUT2D eigenvalue weighted by Gasteiger charge is 2.28. The van der Waals surface area contributed by atoms with Crippen molar-refractivity contribution in [2.24, 2.45) is 0 Å². The summed E-state index contributed by atoms with van der Waals surface area (Å²) < 4.78 is 61.4. The fourth-order valence-electron chi connectivity index (χ4n) is 1.90. The van der Waals surface area contributed by atoms with Gasteiger partial charge < -0.3 is 5.32 Å². The van der Waals surface area contributed by atoms with E-state index in [2.05, 4.69) is 10.0 Å². The van der Waals surface area contributed by atoms with Crippen molar-refractivity contribution in [3.8, 4) is 0 Å². The summed E-state index contributed by atoms with van der Waals surface area (Å²) in [5.74, 6) is -0.469. The molecule has 1 saturated heterocycles. The van der Waals surface area contributed by atoms with E-state index < -0.39 is 28.4 Å². The summed E-state index contributed by atoms with van der Waals surface area (Å²) in [7, 11) is -3.61. The average molecular weight is 288 g/mol. The molecule has 0 aromatic heterocycles. The molecule has 2 N–H and O–H groups in total. The Kier molecular flexibility index (Phi) is 5.87. The molecule has 0 aromatic carbocycles. The lowest BCUT2D eigenvalue weighted by molar-refractivity contribution is -0.134. The van der Waals surface area contributed by atoms with Crippen molar-refractivity contribution in [1.82, 2.24) is 10.0 Å². The maximum atomic E-state index is 11.9. The Morgan fingerprint density at radius 3 is 2.67 bits per heavy atom. The van der Waals surface area contributed by atoms with Crippen molar-refractivity contribution in [2.75, 3.05) is 18.8 Å². The van der Waals surface area contributed by atoms with Crippen molar-refractivity contribution >= 4 is 10.0 Å². The Morgan fingerprint density at radius 2 is 2.00 bits per heavy atom. The first kappa shape index (κ1) is 15.7.